The van der Waals surface area contributed by atoms with E-state index >= 15 is 0 Å². The van der Waals surface area contributed by atoms with Gasteiger partial charge in [-0.3, -0.25) is 9.36 Å². The molecule has 0 saturated carbocycles. The molecule has 0 unspecified atom stereocenters. The minimum atomic E-state index is -0.608. The van der Waals surface area contributed by atoms with Gasteiger partial charge in [0.1, 0.15) is 17.5 Å². The second-order valence-corrected chi connectivity index (χ2v) is 6.89. The van der Waals surface area contributed by atoms with Gasteiger partial charge in [-0.15, -0.1) is 0 Å². The van der Waals surface area contributed by atoms with Gasteiger partial charge in [0, 0.05) is 24.1 Å². The lowest BCUT2D eigenvalue weighted by molar-refractivity contribution is -0.137. The molecule has 0 N–H and O–H groups in total. The van der Waals surface area contributed by atoms with E-state index in [-0.39, 0.29) is 34.4 Å². The lowest BCUT2D eigenvalue weighted by atomic mass is 10.1. The molecule has 3 aromatic rings. The predicted molar refractivity (Wildman–Crippen MR) is 112 cm³/mol. The molecule has 1 heterocycles. The zero-order chi connectivity index (χ0) is 22.0. The highest BCUT2D eigenvalue weighted by atomic mass is 19.1. The van der Waals surface area contributed by atoms with Crippen molar-refractivity contribution in [3.05, 3.63) is 74.8 Å². The zero-order valence-corrected chi connectivity index (χ0v) is 17.3. The number of hydrogen-bond acceptors (Lipinski definition) is 4. The molecular weight excluding hydrogens is 390 g/mol. The van der Waals surface area contributed by atoms with Gasteiger partial charge in [-0.25, -0.2) is 18.6 Å². The summed E-state index contributed by atoms with van der Waals surface area (Å²) in [5, 5.41) is 0.195. The second kappa shape index (κ2) is 8.57. The van der Waals surface area contributed by atoms with E-state index in [1.54, 1.807) is 20.8 Å². The van der Waals surface area contributed by atoms with E-state index in [1.807, 2.05) is 6.92 Å². The lowest BCUT2D eigenvalue weighted by Crippen LogP contribution is -2.25. The number of rotatable bonds is 5. The summed E-state index contributed by atoms with van der Waals surface area (Å²) in [6.07, 6.45) is 2.79. The van der Waals surface area contributed by atoms with Gasteiger partial charge in [0.15, 0.2) is 0 Å². The van der Waals surface area contributed by atoms with E-state index < -0.39 is 11.8 Å². The molecule has 0 atom stereocenters. The number of benzene rings is 2. The first-order chi connectivity index (χ1) is 14.3. The van der Waals surface area contributed by atoms with E-state index in [2.05, 4.69) is 4.98 Å². The van der Waals surface area contributed by atoms with E-state index in [0.29, 0.717) is 29.1 Å². The first-order valence-electron chi connectivity index (χ1n) is 9.63. The van der Waals surface area contributed by atoms with E-state index in [0.717, 1.165) is 6.08 Å². The van der Waals surface area contributed by atoms with Crippen LogP contribution in [0.15, 0.2) is 35.1 Å². The molecule has 5 nitrogen and oxygen atoms in total. The average Bonchev–Trinajstić information content (AvgIpc) is 2.67. The maximum Gasteiger partial charge on any atom is 0.330 e. The summed E-state index contributed by atoms with van der Waals surface area (Å²) >= 11 is 0. The molecule has 1 aromatic heterocycles. The lowest BCUT2D eigenvalue weighted by Gasteiger charge is -2.17. The number of nitrogens with zero attached hydrogens (tertiary/aromatic N) is 2. The Morgan fingerprint density at radius 3 is 2.40 bits per heavy atom. The van der Waals surface area contributed by atoms with Crippen LogP contribution in [0.25, 0.3) is 22.7 Å². The Kier molecular flexibility index (Phi) is 6.10. The monoisotopic (exact) mass is 412 g/mol. The van der Waals surface area contributed by atoms with Gasteiger partial charge < -0.3 is 4.74 Å². The van der Waals surface area contributed by atoms with Crippen LogP contribution in [0, 0.1) is 25.5 Å². The normalized spacial score (nSPS) is 11.4. The number of carbonyl (C=O) groups excluding carboxylic acids is 1. The molecule has 0 aliphatic carbocycles. The summed E-state index contributed by atoms with van der Waals surface area (Å²) in [6.45, 7) is 7.15. The Bertz CT molecular complexity index is 1210. The fraction of sp³-hybridized carbons (Fsp3) is 0.261. The highest BCUT2D eigenvalue weighted by molar-refractivity contribution is 5.89. The van der Waals surface area contributed by atoms with Crippen LogP contribution in [-0.2, 0) is 16.0 Å². The molecular formula is C23H22F2N2O3. The van der Waals surface area contributed by atoms with Gasteiger partial charge >= 0.3 is 5.97 Å². The number of esters is 1. The molecule has 0 bridgehead atoms. The fourth-order valence-electron chi connectivity index (χ4n) is 3.47. The summed E-state index contributed by atoms with van der Waals surface area (Å²) in [4.78, 5) is 29.4. The van der Waals surface area contributed by atoms with Crippen molar-refractivity contribution in [3.8, 4) is 5.69 Å². The number of halogens is 2. The van der Waals surface area contributed by atoms with Crippen molar-refractivity contribution < 1.29 is 18.3 Å². The Balaban J connectivity index is 2.28. The summed E-state index contributed by atoms with van der Waals surface area (Å²) in [5.41, 5.74) is 1.64. The van der Waals surface area contributed by atoms with Crippen LogP contribution in [0.2, 0.25) is 0 Å². The van der Waals surface area contributed by atoms with Crippen LogP contribution in [-0.4, -0.2) is 22.1 Å². The van der Waals surface area contributed by atoms with Crippen molar-refractivity contribution in [2.75, 3.05) is 6.61 Å². The second-order valence-electron chi connectivity index (χ2n) is 6.89. The molecule has 0 aliphatic heterocycles. The van der Waals surface area contributed by atoms with Gasteiger partial charge in [0.25, 0.3) is 5.56 Å². The number of fused-ring (bicyclic) bond motifs is 1. The van der Waals surface area contributed by atoms with E-state index in [1.165, 1.54) is 34.9 Å². The third-order valence-electron chi connectivity index (χ3n) is 4.74. The van der Waals surface area contributed by atoms with Gasteiger partial charge in [-0.2, -0.15) is 0 Å². The molecule has 156 valence electrons. The van der Waals surface area contributed by atoms with Crippen molar-refractivity contribution in [1.82, 2.24) is 9.55 Å². The Labute approximate surface area is 172 Å². The summed E-state index contributed by atoms with van der Waals surface area (Å²) in [7, 11) is 0. The van der Waals surface area contributed by atoms with Crippen molar-refractivity contribution in [2.45, 2.75) is 34.1 Å². The maximum absolute atomic E-state index is 14.5. The minimum Gasteiger partial charge on any atom is -0.463 e. The summed E-state index contributed by atoms with van der Waals surface area (Å²) in [5.74, 6) is -1.16. The number of ether oxygens (including phenoxy) is 1. The van der Waals surface area contributed by atoms with Gasteiger partial charge in [0.05, 0.1) is 23.2 Å². The maximum atomic E-state index is 14.5. The van der Waals surface area contributed by atoms with Crippen LogP contribution in [0.3, 0.4) is 0 Å². The first-order valence-corrected chi connectivity index (χ1v) is 9.63. The molecule has 0 radical (unpaired) electrons. The first kappa shape index (κ1) is 21.4. The number of aryl methyl sites for hydroxylation is 3. The van der Waals surface area contributed by atoms with Gasteiger partial charge in [-0.1, -0.05) is 6.92 Å². The Morgan fingerprint density at radius 2 is 1.80 bits per heavy atom. The molecule has 7 heteroatoms. The smallest absolute Gasteiger partial charge is 0.330 e. The van der Waals surface area contributed by atoms with E-state index in [4.69, 9.17) is 4.74 Å². The minimum absolute atomic E-state index is 0.0674. The molecule has 0 amide bonds. The molecule has 0 spiro atoms. The van der Waals surface area contributed by atoms with Crippen molar-refractivity contribution in [2.24, 2.45) is 0 Å². The van der Waals surface area contributed by atoms with Crippen LogP contribution in [0.1, 0.15) is 36.4 Å². The van der Waals surface area contributed by atoms with Crippen molar-refractivity contribution in [3.63, 3.8) is 0 Å². The summed E-state index contributed by atoms with van der Waals surface area (Å²) in [6, 6.07) is 5.25. The number of hydrogen-bond donors (Lipinski definition) is 0. The quantitative estimate of drug-likeness (QED) is 0.460. The molecule has 0 fully saturated rings. The van der Waals surface area contributed by atoms with Crippen LogP contribution >= 0.6 is 0 Å². The van der Waals surface area contributed by atoms with Crippen LogP contribution in [0.5, 0.6) is 0 Å². The fourth-order valence-corrected chi connectivity index (χ4v) is 3.47. The topological polar surface area (TPSA) is 61.2 Å². The van der Waals surface area contributed by atoms with Crippen molar-refractivity contribution in [1.29, 1.82) is 0 Å². The van der Waals surface area contributed by atoms with Crippen LogP contribution in [0.4, 0.5) is 8.78 Å². The van der Waals surface area contributed by atoms with Gasteiger partial charge in [0.2, 0.25) is 0 Å². The van der Waals surface area contributed by atoms with E-state index in [9.17, 15) is 18.4 Å². The third kappa shape index (κ3) is 4.01. The SMILES string of the molecule is CCOC(=O)/C=C/c1cc2c(=O)n(-c3c(C)cc(F)cc3C)c(CC)nc2cc1F. The molecule has 30 heavy (non-hydrogen) atoms. The van der Waals surface area contributed by atoms with Gasteiger partial charge in [-0.05, 0) is 56.2 Å². The standard InChI is InChI=1S/C23H22F2N2O3/c1-5-20-26-19-12-18(25)15(7-8-21(28)30-6-2)11-17(19)23(29)27(20)22-13(3)9-16(24)10-14(22)4/h7-12H,5-6H2,1-4H3/b8-7+. The number of aromatic nitrogens is 2. The molecule has 3 rings (SSSR count). The highest BCUT2D eigenvalue weighted by Crippen LogP contribution is 2.23. The number of carbonyl (C=O) groups is 1. The zero-order valence-electron chi connectivity index (χ0n) is 17.3. The molecule has 0 aliphatic rings. The molecule has 0 saturated heterocycles. The Hall–Kier alpha value is -3.35. The summed E-state index contributed by atoms with van der Waals surface area (Å²) < 4.78 is 34.5. The highest BCUT2D eigenvalue weighted by Gasteiger charge is 2.17. The largest absolute Gasteiger partial charge is 0.463 e. The average molecular weight is 412 g/mol. The predicted octanol–water partition coefficient (Wildman–Crippen LogP) is 4.42. The third-order valence-corrected chi connectivity index (χ3v) is 4.74. The van der Waals surface area contributed by atoms with Crippen molar-refractivity contribution >= 4 is 22.9 Å². The van der Waals surface area contributed by atoms with Crippen LogP contribution < -0.4 is 5.56 Å². The molecule has 2 aromatic carbocycles. The Morgan fingerprint density at radius 1 is 1.13 bits per heavy atom.